The highest BCUT2D eigenvalue weighted by atomic mass is 32.2. The highest BCUT2D eigenvalue weighted by Crippen LogP contribution is 2.26. The fraction of sp³-hybridized carbons (Fsp3) is 0.571. The number of hydrogen-bond donors (Lipinski definition) is 1. The normalized spacial score (nSPS) is 21.8. The lowest BCUT2D eigenvalue weighted by molar-refractivity contribution is 0.189. The van der Waals surface area contributed by atoms with Crippen molar-refractivity contribution in [3.05, 3.63) is 29.8 Å². The third-order valence-electron chi connectivity index (χ3n) is 3.48. The van der Waals surface area contributed by atoms with Crippen molar-refractivity contribution < 1.29 is 13.5 Å². The molecule has 1 unspecified atom stereocenters. The molecule has 1 heterocycles. The number of hydrogen-bond acceptors (Lipinski definition) is 3. The number of sulfonamides is 1. The third kappa shape index (κ3) is 2.99. The molecule has 1 aliphatic rings. The van der Waals surface area contributed by atoms with Gasteiger partial charge < -0.3 is 5.11 Å². The second kappa shape index (κ2) is 4.89. The van der Waals surface area contributed by atoms with Crippen molar-refractivity contribution in [2.45, 2.75) is 43.6 Å². The summed E-state index contributed by atoms with van der Waals surface area (Å²) in [6.07, 6.45) is -0.0251. The first-order chi connectivity index (χ1) is 8.71. The Morgan fingerprint density at radius 1 is 1.21 bits per heavy atom. The summed E-state index contributed by atoms with van der Waals surface area (Å²) in [5.74, 6) is 0. The van der Waals surface area contributed by atoms with Crippen LogP contribution < -0.4 is 0 Å². The first-order valence-electron chi connectivity index (χ1n) is 6.50. The maximum atomic E-state index is 12.4. The molecule has 19 heavy (non-hydrogen) atoms. The molecular weight excluding hydrogens is 262 g/mol. The number of aliphatic hydroxyl groups is 1. The zero-order valence-corrected chi connectivity index (χ0v) is 12.4. The van der Waals surface area contributed by atoms with Gasteiger partial charge in [-0.15, -0.1) is 0 Å². The van der Waals surface area contributed by atoms with Gasteiger partial charge in [-0.05, 0) is 29.5 Å². The largest absolute Gasteiger partial charge is 0.392 e. The molecule has 1 fully saturated rings. The van der Waals surface area contributed by atoms with Gasteiger partial charge in [-0.2, -0.15) is 4.31 Å². The number of rotatable bonds is 2. The van der Waals surface area contributed by atoms with Gasteiger partial charge >= 0.3 is 0 Å². The van der Waals surface area contributed by atoms with Crippen molar-refractivity contribution in [1.82, 2.24) is 4.31 Å². The minimum absolute atomic E-state index is 0.00608. The van der Waals surface area contributed by atoms with E-state index in [1.807, 2.05) is 12.1 Å². The summed E-state index contributed by atoms with van der Waals surface area (Å²) in [7, 11) is -3.46. The van der Waals surface area contributed by atoms with Gasteiger partial charge in [0.1, 0.15) is 0 Å². The Kier molecular flexibility index (Phi) is 3.73. The van der Waals surface area contributed by atoms with Crippen molar-refractivity contribution >= 4 is 10.0 Å². The number of aliphatic hydroxyl groups excluding tert-OH is 1. The Morgan fingerprint density at radius 2 is 1.79 bits per heavy atom. The summed E-state index contributed by atoms with van der Waals surface area (Å²) in [5.41, 5.74) is 1.11. The van der Waals surface area contributed by atoms with Gasteiger partial charge in [-0.1, -0.05) is 32.9 Å². The average Bonchev–Trinajstić information content (AvgIpc) is 2.76. The van der Waals surface area contributed by atoms with E-state index in [1.165, 1.54) is 4.31 Å². The van der Waals surface area contributed by atoms with Gasteiger partial charge in [0.05, 0.1) is 11.0 Å². The first-order valence-corrected chi connectivity index (χ1v) is 7.94. The monoisotopic (exact) mass is 283 g/mol. The second-order valence-corrected chi connectivity index (χ2v) is 8.02. The van der Waals surface area contributed by atoms with Crippen LogP contribution in [-0.2, 0) is 15.4 Å². The molecule has 4 nitrogen and oxygen atoms in total. The molecule has 0 aliphatic carbocycles. The van der Waals surface area contributed by atoms with Crippen LogP contribution in [0.5, 0.6) is 0 Å². The van der Waals surface area contributed by atoms with Crippen LogP contribution in [0.2, 0.25) is 0 Å². The van der Waals surface area contributed by atoms with Crippen molar-refractivity contribution in [3.8, 4) is 0 Å². The molecule has 0 radical (unpaired) electrons. The summed E-state index contributed by atoms with van der Waals surface area (Å²) < 4.78 is 26.1. The third-order valence-corrected chi connectivity index (χ3v) is 5.36. The molecule has 0 aromatic heterocycles. The fourth-order valence-electron chi connectivity index (χ4n) is 2.20. The number of nitrogens with zero attached hydrogens (tertiary/aromatic N) is 1. The van der Waals surface area contributed by atoms with Gasteiger partial charge in [-0.3, -0.25) is 0 Å². The van der Waals surface area contributed by atoms with Gasteiger partial charge in [0.15, 0.2) is 0 Å². The van der Waals surface area contributed by atoms with E-state index < -0.39 is 16.1 Å². The predicted octanol–water partition coefficient (Wildman–Crippen LogP) is 1.74. The highest BCUT2D eigenvalue weighted by molar-refractivity contribution is 7.89. The van der Waals surface area contributed by atoms with E-state index in [0.29, 0.717) is 17.9 Å². The quantitative estimate of drug-likeness (QED) is 0.899. The Hall–Kier alpha value is -0.910. The van der Waals surface area contributed by atoms with E-state index in [1.54, 1.807) is 12.1 Å². The van der Waals surface area contributed by atoms with Gasteiger partial charge in [0.2, 0.25) is 10.0 Å². The van der Waals surface area contributed by atoms with Gasteiger partial charge in [0, 0.05) is 13.1 Å². The van der Waals surface area contributed by atoms with E-state index in [-0.39, 0.29) is 12.0 Å². The topological polar surface area (TPSA) is 57.6 Å². The lowest BCUT2D eigenvalue weighted by Crippen LogP contribution is -2.29. The summed E-state index contributed by atoms with van der Waals surface area (Å²) >= 11 is 0. The minimum Gasteiger partial charge on any atom is -0.392 e. The molecule has 0 amide bonds. The molecule has 106 valence electrons. The summed E-state index contributed by atoms with van der Waals surface area (Å²) in [6, 6.07) is 7.03. The molecule has 0 bridgehead atoms. The van der Waals surface area contributed by atoms with Crippen LogP contribution in [0.3, 0.4) is 0 Å². The molecular formula is C14H21NO3S. The Balaban J connectivity index is 2.27. The van der Waals surface area contributed by atoms with Gasteiger partial charge in [-0.25, -0.2) is 8.42 Å². The lowest BCUT2D eigenvalue weighted by atomic mass is 9.87. The highest BCUT2D eigenvalue weighted by Gasteiger charge is 2.31. The van der Waals surface area contributed by atoms with Crippen molar-refractivity contribution in [2.75, 3.05) is 13.1 Å². The van der Waals surface area contributed by atoms with Crippen LogP contribution in [0.1, 0.15) is 32.8 Å². The van der Waals surface area contributed by atoms with E-state index in [9.17, 15) is 13.5 Å². The molecule has 2 rings (SSSR count). The Morgan fingerprint density at radius 3 is 2.21 bits per heavy atom. The van der Waals surface area contributed by atoms with Crippen LogP contribution in [0.25, 0.3) is 0 Å². The summed E-state index contributed by atoms with van der Waals surface area (Å²) in [6.45, 7) is 6.86. The van der Waals surface area contributed by atoms with Crippen LogP contribution in [0, 0.1) is 0 Å². The van der Waals surface area contributed by atoms with E-state index >= 15 is 0 Å². The van der Waals surface area contributed by atoms with Crippen molar-refractivity contribution in [2.24, 2.45) is 0 Å². The van der Waals surface area contributed by atoms with Crippen LogP contribution in [0.4, 0.5) is 0 Å². The van der Waals surface area contributed by atoms with Crippen molar-refractivity contribution in [1.29, 1.82) is 0 Å². The molecule has 1 atom stereocenters. The maximum Gasteiger partial charge on any atom is 0.243 e. The van der Waals surface area contributed by atoms with E-state index in [2.05, 4.69) is 20.8 Å². The minimum atomic E-state index is -3.46. The Bertz CT molecular complexity index is 543. The summed E-state index contributed by atoms with van der Waals surface area (Å²) in [5, 5.41) is 9.45. The molecule has 1 saturated heterocycles. The first kappa shape index (κ1) is 14.5. The number of β-amino-alcohol motifs (C(OH)–C–C–N with tert-alkyl or cyclic N) is 1. The molecule has 1 N–H and O–H groups in total. The SMILES string of the molecule is CC(C)(C)c1ccc(S(=O)(=O)N2CCC(O)C2)cc1. The second-order valence-electron chi connectivity index (χ2n) is 6.08. The van der Waals surface area contributed by atoms with Crippen molar-refractivity contribution in [3.63, 3.8) is 0 Å². The fourth-order valence-corrected chi connectivity index (χ4v) is 3.70. The van der Waals surface area contributed by atoms with Crippen LogP contribution in [0.15, 0.2) is 29.2 Å². The standard InChI is InChI=1S/C14H21NO3S/c1-14(2,3)11-4-6-13(7-5-11)19(17,18)15-9-8-12(16)10-15/h4-7,12,16H,8-10H2,1-3H3. The summed E-state index contributed by atoms with van der Waals surface area (Å²) in [4.78, 5) is 0.301. The average molecular weight is 283 g/mol. The maximum absolute atomic E-state index is 12.4. The molecule has 1 aromatic carbocycles. The number of benzene rings is 1. The molecule has 5 heteroatoms. The smallest absolute Gasteiger partial charge is 0.243 e. The molecule has 0 spiro atoms. The predicted molar refractivity (Wildman–Crippen MR) is 74.5 cm³/mol. The Labute approximate surface area is 115 Å². The van der Waals surface area contributed by atoms with Crippen LogP contribution >= 0.6 is 0 Å². The van der Waals surface area contributed by atoms with E-state index in [0.717, 1.165) is 5.56 Å². The molecule has 1 aromatic rings. The molecule has 0 saturated carbocycles. The van der Waals surface area contributed by atoms with Crippen LogP contribution in [-0.4, -0.2) is 37.0 Å². The zero-order valence-electron chi connectivity index (χ0n) is 11.6. The lowest BCUT2D eigenvalue weighted by Gasteiger charge is -2.20. The van der Waals surface area contributed by atoms with E-state index in [4.69, 9.17) is 0 Å². The zero-order chi connectivity index (χ0) is 14.3. The van der Waals surface area contributed by atoms with Gasteiger partial charge in [0.25, 0.3) is 0 Å². The molecule has 1 aliphatic heterocycles.